The number of hydrogen-bond acceptors (Lipinski definition) is 4. The second-order valence-electron chi connectivity index (χ2n) is 6.22. The van der Waals surface area contributed by atoms with Gasteiger partial charge in [-0.3, -0.25) is 9.36 Å². The Kier molecular flexibility index (Phi) is 4.29. The van der Waals surface area contributed by atoms with Crippen molar-refractivity contribution in [1.82, 2.24) is 9.55 Å². The van der Waals surface area contributed by atoms with Crippen LogP contribution in [0.15, 0.2) is 4.79 Å². The van der Waals surface area contributed by atoms with E-state index >= 15 is 0 Å². The first-order valence-corrected chi connectivity index (χ1v) is 8.11. The quantitative estimate of drug-likeness (QED) is 0.855. The Morgan fingerprint density at radius 3 is 2.62 bits per heavy atom. The highest BCUT2D eigenvalue weighted by Gasteiger charge is 2.23. The fraction of sp³-hybridized carbons (Fsp3) is 0.750. The molecule has 0 radical (unpaired) electrons. The van der Waals surface area contributed by atoms with Gasteiger partial charge in [-0.15, -0.1) is 0 Å². The minimum Gasteiger partial charge on any atom is -0.376 e. The highest BCUT2D eigenvalue weighted by atomic mass is 16.5. The van der Waals surface area contributed by atoms with Gasteiger partial charge in [0.05, 0.1) is 12.6 Å². The zero-order chi connectivity index (χ0) is 14.8. The standard InChI is InChI=1S/C16H25N3O2/c1-12-13(2)17-16(18-8-4-3-5-9-18)19(15(12)20)11-14-7-6-10-21-14/h14H,3-11H2,1-2H3. The zero-order valence-corrected chi connectivity index (χ0v) is 13.1. The molecule has 5 heteroatoms. The lowest BCUT2D eigenvalue weighted by Crippen LogP contribution is -2.39. The van der Waals surface area contributed by atoms with Crippen molar-refractivity contribution < 1.29 is 4.74 Å². The van der Waals surface area contributed by atoms with Gasteiger partial charge in [-0.05, 0) is 46.0 Å². The number of aryl methyl sites for hydroxylation is 1. The van der Waals surface area contributed by atoms with Crippen molar-refractivity contribution in [3.8, 4) is 0 Å². The molecule has 0 spiro atoms. The van der Waals surface area contributed by atoms with Gasteiger partial charge in [-0.1, -0.05) is 0 Å². The summed E-state index contributed by atoms with van der Waals surface area (Å²) < 4.78 is 7.57. The van der Waals surface area contributed by atoms with E-state index in [1.54, 1.807) is 0 Å². The van der Waals surface area contributed by atoms with Gasteiger partial charge in [0.25, 0.3) is 5.56 Å². The second kappa shape index (κ2) is 6.18. The fourth-order valence-corrected chi connectivity index (χ4v) is 3.23. The lowest BCUT2D eigenvalue weighted by atomic mass is 10.1. The molecular formula is C16H25N3O2. The summed E-state index contributed by atoms with van der Waals surface area (Å²) in [5.41, 5.74) is 1.71. The zero-order valence-electron chi connectivity index (χ0n) is 13.1. The Labute approximate surface area is 125 Å². The lowest BCUT2D eigenvalue weighted by Gasteiger charge is -2.30. The Morgan fingerprint density at radius 2 is 1.95 bits per heavy atom. The van der Waals surface area contributed by atoms with Gasteiger partial charge >= 0.3 is 0 Å². The van der Waals surface area contributed by atoms with Crippen LogP contribution in [-0.2, 0) is 11.3 Å². The third kappa shape index (κ3) is 2.98. The summed E-state index contributed by atoms with van der Waals surface area (Å²) in [4.78, 5) is 19.7. The summed E-state index contributed by atoms with van der Waals surface area (Å²) >= 11 is 0. The molecule has 1 aromatic heterocycles. The SMILES string of the molecule is Cc1nc(N2CCCCC2)n(CC2CCCO2)c(=O)c1C. The van der Waals surface area contributed by atoms with Crippen LogP contribution < -0.4 is 10.5 Å². The molecule has 3 heterocycles. The van der Waals surface area contributed by atoms with E-state index in [0.29, 0.717) is 6.54 Å². The predicted octanol–water partition coefficient (Wildman–Crippen LogP) is 2.03. The van der Waals surface area contributed by atoms with E-state index in [9.17, 15) is 4.79 Å². The molecule has 0 aliphatic carbocycles. The van der Waals surface area contributed by atoms with Crippen LogP contribution in [-0.4, -0.2) is 35.4 Å². The van der Waals surface area contributed by atoms with E-state index in [2.05, 4.69) is 4.90 Å². The Balaban J connectivity index is 1.97. The topological polar surface area (TPSA) is 47.4 Å². The van der Waals surface area contributed by atoms with Crippen molar-refractivity contribution in [2.45, 2.75) is 58.6 Å². The van der Waals surface area contributed by atoms with E-state index < -0.39 is 0 Å². The molecule has 3 rings (SSSR count). The molecule has 1 atom stereocenters. The van der Waals surface area contributed by atoms with Gasteiger partial charge in [0.15, 0.2) is 0 Å². The van der Waals surface area contributed by atoms with Gasteiger partial charge in [0.2, 0.25) is 5.95 Å². The first-order chi connectivity index (χ1) is 10.2. The molecule has 2 aliphatic heterocycles. The van der Waals surface area contributed by atoms with Crippen molar-refractivity contribution >= 4 is 5.95 Å². The molecule has 2 fully saturated rings. The predicted molar refractivity (Wildman–Crippen MR) is 83.0 cm³/mol. The third-order valence-corrected chi connectivity index (χ3v) is 4.67. The van der Waals surface area contributed by atoms with Crippen LogP contribution in [0, 0.1) is 13.8 Å². The van der Waals surface area contributed by atoms with E-state index in [-0.39, 0.29) is 11.7 Å². The number of hydrogen-bond donors (Lipinski definition) is 0. The maximum Gasteiger partial charge on any atom is 0.258 e. The molecule has 5 nitrogen and oxygen atoms in total. The molecule has 0 bridgehead atoms. The Morgan fingerprint density at radius 1 is 1.19 bits per heavy atom. The average Bonchev–Trinajstić information content (AvgIpc) is 3.01. The highest BCUT2D eigenvalue weighted by Crippen LogP contribution is 2.20. The molecule has 0 N–H and O–H groups in total. The smallest absolute Gasteiger partial charge is 0.258 e. The highest BCUT2D eigenvalue weighted by molar-refractivity contribution is 5.35. The summed E-state index contributed by atoms with van der Waals surface area (Å²) in [6.07, 6.45) is 5.94. The summed E-state index contributed by atoms with van der Waals surface area (Å²) in [5.74, 6) is 0.846. The van der Waals surface area contributed by atoms with Gasteiger partial charge in [-0.2, -0.15) is 0 Å². The number of rotatable bonds is 3. The molecule has 21 heavy (non-hydrogen) atoms. The van der Waals surface area contributed by atoms with Crippen LogP contribution in [0.25, 0.3) is 0 Å². The van der Waals surface area contributed by atoms with Gasteiger partial charge in [0, 0.05) is 31.0 Å². The maximum absolute atomic E-state index is 12.7. The molecule has 1 aromatic rings. The number of aromatic nitrogens is 2. The van der Waals surface area contributed by atoms with Gasteiger partial charge < -0.3 is 9.64 Å². The molecular weight excluding hydrogens is 266 g/mol. The van der Waals surface area contributed by atoms with Crippen LogP contribution >= 0.6 is 0 Å². The van der Waals surface area contributed by atoms with Gasteiger partial charge in [-0.25, -0.2) is 4.98 Å². The second-order valence-corrected chi connectivity index (χ2v) is 6.22. The largest absolute Gasteiger partial charge is 0.376 e. The molecule has 116 valence electrons. The first kappa shape index (κ1) is 14.6. The molecule has 2 aliphatic rings. The van der Waals surface area contributed by atoms with Crippen LogP contribution in [0.1, 0.15) is 43.4 Å². The van der Waals surface area contributed by atoms with Crippen molar-refractivity contribution in [2.75, 3.05) is 24.6 Å². The lowest BCUT2D eigenvalue weighted by molar-refractivity contribution is 0.0960. The van der Waals surface area contributed by atoms with Crippen molar-refractivity contribution in [3.05, 3.63) is 21.6 Å². The third-order valence-electron chi connectivity index (χ3n) is 4.67. The van der Waals surface area contributed by atoms with Crippen LogP contribution in [0.3, 0.4) is 0 Å². The summed E-state index contributed by atoms with van der Waals surface area (Å²) in [7, 11) is 0. The summed E-state index contributed by atoms with van der Waals surface area (Å²) in [5, 5.41) is 0. The molecule has 2 saturated heterocycles. The normalized spacial score (nSPS) is 22.8. The van der Waals surface area contributed by atoms with E-state index in [0.717, 1.165) is 49.7 Å². The Bertz CT molecular complexity index is 555. The fourth-order valence-electron chi connectivity index (χ4n) is 3.23. The van der Waals surface area contributed by atoms with Crippen molar-refractivity contribution in [3.63, 3.8) is 0 Å². The number of piperidine rings is 1. The van der Waals surface area contributed by atoms with Crippen molar-refractivity contribution in [2.24, 2.45) is 0 Å². The van der Waals surface area contributed by atoms with Gasteiger partial charge in [0.1, 0.15) is 0 Å². The summed E-state index contributed by atoms with van der Waals surface area (Å²) in [6.45, 7) is 7.26. The van der Waals surface area contributed by atoms with Crippen LogP contribution in [0.4, 0.5) is 5.95 Å². The minimum atomic E-state index is 0.0959. The minimum absolute atomic E-state index is 0.0959. The molecule has 0 saturated carbocycles. The molecule has 0 amide bonds. The van der Waals surface area contributed by atoms with Crippen molar-refractivity contribution in [1.29, 1.82) is 0 Å². The molecule has 1 unspecified atom stereocenters. The maximum atomic E-state index is 12.7. The van der Waals surface area contributed by atoms with Crippen LogP contribution in [0.2, 0.25) is 0 Å². The number of nitrogens with zero attached hydrogens (tertiary/aromatic N) is 3. The monoisotopic (exact) mass is 291 g/mol. The van der Waals surface area contributed by atoms with E-state index in [1.807, 2.05) is 18.4 Å². The van der Waals surface area contributed by atoms with E-state index in [1.165, 1.54) is 19.3 Å². The number of anilines is 1. The average molecular weight is 291 g/mol. The summed E-state index contributed by atoms with van der Waals surface area (Å²) in [6, 6.07) is 0. The Hall–Kier alpha value is -1.36. The van der Waals surface area contributed by atoms with E-state index in [4.69, 9.17) is 9.72 Å². The van der Waals surface area contributed by atoms with Crippen LogP contribution in [0.5, 0.6) is 0 Å². The number of ether oxygens (including phenoxy) is 1. The molecule has 0 aromatic carbocycles. The first-order valence-electron chi connectivity index (χ1n) is 8.11.